The third kappa shape index (κ3) is 1.55. The zero-order chi connectivity index (χ0) is 6.85. The molecule has 1 saturated carbocycles. The van der Waals surface area contributed by atoms with Crippen molar-refractivity contribution >= 4 is 0 Å². The summed E-state index contributed by atoms with van der Waals surface area (Å²) in [5.74, 6) is 0.584. The van der Waals surface area contributed by atoms with Gasteiger partial charge in [-0.05, 0) is 38.2 Å². The maximum absolute atomic E-state index is 9.39. The molecule has 0 aromatic heterocycles. The van der Waals surface area contributed by atoms with Gasteiger partial charge in [-0.1, -0.05) is 6.08 Å². The predicted octanol–water partition coefficient (Wildman–Crippen LogP) is 1.72. The lowest BCUT2D eigenvalue weighted by atomic mass is 10.1. The topological polar surface area (TPSA) is 20.2 Å². The van der Waals surface area contributed by atoms with Gasteiger partial charge >= 0.3 is 0 Å². The molecule has 0 radical (unpaired) electrons. The Kier molecular flexibility index (Phi) is 1.91. The highest BCUT2D eigenvalue weighted by molar-refractivity contribution is 5.07. The number of aliphatic hydroxyl groups excluding tert-OH is 1. The van der Waals surface area contributed by atoms with E-state index in [0.717, 1.165) is 5.57 Å². The summed E-state index contributed by atoms with van der Waals surface area (Å²) in [6.45, 7) is 3.96. The molecular formula is C8H14O. The Morgan fingerprint density at radius 3 is 2.56 bits per heavy atom. The summed E-state index contributed by atoms with van der Waals surface area (Å²) in [5, 5.41) is 9.39. The van der Waals surface area contributed by atoms with Gasteiger partial charge in [0.1, 0.15) is 0 Å². The molecule has 0 bridgehead atoms. The van der Waals surface area contributed by atoms with Crippen molar-refractivity contribution in [1.82, 2.24) is 0 Å². The summed E-state index contributed by atoms with van der Waals surface area (Å²) in [5.41, 5.74) is 1.12. The fraction of sp³-hybridized carbons (Fsp3) is 0.750. The number of rotatable bonds is 2. The maximum Gasteiger partial charge on any atom is 0.0775 e. The molecule has 1 nitrogen and oxygen atoms in total. The van der Waals surface area contributed by atoms with Crippen LogP contribution in [0, 0.1) is 5.92 Å². The molecule has 1 aliphatic carbocycles. The first kappa shape index (κ1) is 6.81. The van der Waals surface area contributed by atoms with Gasteiger partial charge in [-0.15, -0.1) is 0 Å². The SMILES string of the molecule is C/C=C(\C)C(O)C1CC1. The largest absolute Gasteiger partial charge is 0.388 e. The second-order valence-corrected chi connectivity index (χ2v) is 2.81. The van der Waals surface area contributed by atoms with E-state index < -0.39 is 0 Å². The molecule has 52 valence electrons. The molecule has 1 fully saturated rings. The first-order valence-corrected chi connectivity index (χ1v) is 3.56. The second kappa shape index (κ2) is 2.53. The highest BCUT2D eigenvalue weighted by Crippen LogP contribution is 2.35. The molecule has 0 saturated heterocycles. The molecule has 0 heterocycles. The summed E-state index contributed by atoms with van der Waals surface area (Å²) in [7, 11) is 0. The monoisotopic (exact) mass is 126 g/mol. The number of aliphatic hydroxyl groups is 1. The van der Waals surface area contributed by atoms with Gasteiger partial charge < -0.3 is 5.11 Å². The van der Waals surface area contributed by atoms with Gasteiger partial charge in [0, 0.05) is 0 Å². The third-order valence-corrected chi connectivity index (χ3v) is 1.99. The van der Waals surface area contributed by atoms with Crippen LogP contribution in [0.25, 0.3) is 0 Å². The van der Waals surface area contributed by atoms with E-state index in [2.05, 4.69) is 0 Å². The van der Waals surface area contributed by atoms with Gasteiger partial charge in [-0.2, -0.15) is 0 Å². The summed E-state index contributed by atoms with van der Waals surface area (Å²) in [6.07, 6.45) is 4.27. The first-order chi connectivity index (χ1) is 4.25. The highest BCUT2D eigenvalue weighted by atomic mass is 16.3. The van der Waals surface area contributed by atoms with Crippen molar-refractivity contribution in [2.24, 2.45) is 5.92 Å². The molecule has 1 heteroatoms. The molecule has 1 rings (SSSR count). The minimum absolute atomic E-state index is 0.144. The second-order valence-electron chi connectivity index (χ2n) is 2.81. The fourth-order valence-electron chi connectivity index (χ4n) is 0.955. The van der Waals surface area contributed by atoms with Crippen LogP contribution in [0.4, 0.5) is 0 Å². The minimum atomic E-state index is -0.144. The van der Waals surface area contributed by atoms with Crippen molar-refractivity contribution < 1.29 is 5.11 Å². The average molecular weight is 126 g/mol. The summed E-state index contributed by atoms with van der Waals surface area (Å²) in [4.78, 5) is 0. The molecule has 9 heavy (non-hydrogen) atoms. The van der Waals surface area contributed by atoms with Crippen molar-refractivity contribution in [2.75, 3.05) is 0 Å². The van der Waals surface area contributed by atoms with Gasteiger partial charge in [0.2, 0.25) is 0 Å². The van der Waals surface area contributed by atoms with Crippen LogP contribution in [0.2, 0.25) is 0 Å². The van der Waals surface area contributed by atoms with E-state index in [1.165, 1.54) is 12.8 Å². The Morgan fingerprint density at radius 2 is 2.22 bits per heavy atom. The van der Waals surface area contributed by atoms with Crippen LogP contribution >= 0.6 is 0 Å². The van der Waals surface area contributed by atoms with Gasteiger partial charge in [0.25, 0.3) is 0 Å². The minimum Gasteiger partial charge on any atom is -0.388 e. The van der Waals surface area contributed by atoms with Crippen molar-refractivity contribution in [3.05, 3.63) is 11.6 Å². The van der Waals surface area contributed by atoms with E-state index in [-0.39, 0.29) is 6.10 Å². The summed E-state index contributed by atoms with van der Waals surface area (Å²) < 4.78 is 0. The zero-order valence-corrected chi connectivity index (χ0v) is 6.09. The Morgan fingerprint density at radius 1 is 1.67 bits per heavy atom. The molecule has 1 atom stereocenters. The predicted molar refractivity (Wildman–Crippen MR) is 38.2 cm³/mol. The van der Waals surface area contributed by atoms with Gasteiger partial charge in [-0.3, -0.25) is 0 Å². The number of hydrogen-bond donors (Lipinski definition) is 1. The lowest BCUT2D eigenvalue weighted by molar-refractivity contribution is 0.187. The van der Waals surface area contributed by atoms with Crippen LogP contribution in [0.15, 0.2) is 11.6 Å². The first-order valence-electron chi connectivity index (χ1n) is 3.56. The van der Waals surface area contributed by atoms with E-state index in [4.69, 9.17) is 0 Å². The van der Waals surface area contributed by atoms with Crippen LogP contribution in [0.5, 0.6) is 0 Å². The lowest BCUT2D eigenvalue weighted by Crippen LogP contribution is -2.09. The summed E-state index contributed by atoms with van der Waals surface area (Å²) >= 11 is 0. The molecular weight excluding hydrogens is 112 g/mol. The van der Waals surface area contributed by atoms with E-state index in [0.29, 0.717) is 5.92 Å². The van der Waals surface area contributed by atoms with Crippen molar-refractivity contribution in [3.63, 3.8) is 0 Å². The van der Waals surface area contributed by atoms with Gasteiger partial charge in [0.05, 0.1) is 6.10 Å². The van der Waals surface area contributed by atoms with Crippen molar-refractivity contribution in [2.45, 2.75) is 32.8 Å². The average Bonchev–Trinajstić information content (AvgIpc) is 2.66. The number of allylic oxidation sites excluding steroid dienone is 1. The Balaban J connectivity index is 2.40. The van der Waals surface area contributed by atoms with E-state index >= 15 is 0 Å². The Labute approximate surface area is 56.4 Å². The lowest BCUT2D eigenvalue weighted by Gasteiger charge is -2.07. The van der Waals surface area contributed by atoms with Crippen LogP contribution < -0.4 is 0 Å². The van der Waals surface area contributed by atoms with Gasteiger partial charge in [0.15, 0.2) is 0 Å². The third-order valence-electron chi connectivity index (χ3n) is 1.99. The molecule has 0 aromatic carbocycles. The Bertz CT molecular complexity index is 123. The summed E-state index contributed by atoms with van der Waals surface area (Å²) in [6, 6.07) is 0. The highest BCUT2D eigenvalue weighted by Gasteiger charge is 2.29. The molecule has 1 N–H and O–H groups in total. The number of hydrogen-bond acceptors (Lipinski definition) is 1. The Hall–Kier alpha value is -0.300. The van der Waals surface area contributed by atoms with E-state index in [9.17, 15) is 5.11 Å². The van der Waals surface area contributed by atoms with Crippen molar-refractivity contribution in [3.8, 4) is 0 Å². The van der Waals surface area contributed by atoms with Crippen molar-refractivity contribution in [1.29, 1.82) is 0 Å². The standard InChI is InChI=1S/C8H14O/c1-3-6(2)8(9)7-4-5-7/h3,7-9H,4-5H2,1-2H3/b6-3+. The fourth-order valence-corrected chi connectivity index (χ4v) is 0.955. The molecule has 0 amide bonds. The molecule has 0 aliphatic heterocycles. The molecule has 1 unspecified atom stereocenters. The molecule has 0 spiro atoms. The van der Waals surface area contributed by atoms with Crippen LogP contribution in [-0.2, 0) is 0 Å². The smallest absolute Gasteiger partial charge is 0.0775 e. The quantitative estimate of drug-likeness (QED) is 0.558. The maximum atomic E-state index is 9.39. The van der Waals surface area contributed by atoms with Gasteiger partial charge in [-0.25, -0.2) is 0 Å². The van der Waals surface area contributed by atoms with E-state index in [1.54, 1.807) is 0 Å². The zero-order valence-electron chi connectivity index (χ0n) is 6.09. The molecule has 1 aliphatic rings. The van der Waals surface area contributed by atoms with Crippen LogP contribution in [0.3, 0.4) is 0 Å². The normalized spacial score (nSPS) is 24.1. The van der Waals surface area contributed by atoms with Crippen LogP contribution in [-0.4, -0.2) is 11.2 Å². The van der Waals surface area contributed by atoms with Crippen LogP contribution in [0.1, 0.15) is 26.7 Å². The molecule has 0 aromatic rings. The van der Waals surface area contributed by atoms with E-state index in [1.807, 2.05) is 19.9 Å².